The molecular formula is C15H19N3O. The Morgan fingerprint density at radius 1 is 1.37 bits per heavy atom. The fourth-order valence-corrected chi connectivity index (χ4v) is 2.53. The maximum atomic E-state index is 12.6. The van der Waals surface area contributed by atoms with Gasteiger partial charge < -0.3 is 15.2 Å². The number of amides is 1. The molecule has 1 aliphatic heterocycles. The highest BCUT2D eigenvalue weighted by Crippen LogP contribution is 2.17. The first-order valence-electron chi connectivity index (χ1n) is 6.88. The van der Waals surface area contributed by atoms with Crippen LogP contribution in [0, 0.1) is 0 Å². The summed E-state index contributed by atoms with van der Waals surface area (Å²) in [6.07, 6.45) is 2.89. The van der Waals surface area contributed by atoms with Crippen molar-refractivity contribution in [1.82, 2.24) is 15.2 Å². The highest BCUT2D eigenvalue weighted by Gasteiger charge is 2.28. The molecule has 0 unspecified atom stereocenters. The van der Waals surface area contributed by atoms with Gasteiger partial charge >= 0.3 is 0 Å². The molecule has 2 heterocycles. The number of H-pyrrole nitrogens is 1. The monoisotopic (exact) mass is 257 g/mol. The predicted octanol–water partition coefficient (Wildman–Crippen LogP) is 1.99. The first-order chi connectivity index (χ1) is 9.29. The van der Waals surface area contributed by atoms with Crippen LogP contribution in [0.5, 0.6) is 0 Å². The van der Waals surface area contributed by atoms with Gasteiger partial charge in [0.25, 0.3) is 5.91 Å². The fourth-order valence-electron chi connectivity index (χ4n) is 2.53. The summed E-state index contributed by atoms with van der Waals surface area (Å²) in [5.74, 6) is 0.143. The van der Waals surface area contributed by atoms with E-state index in [1.54, 1.807) is 0 Å². The van der Waals surface area contributed by atoms with Crippen molar-refractivity contribution >= 4 is 16.8 Å². The predicted molar refractivity (Wildman–Crippen MR) is 76.3 cm³/mol. The number of hydrogen-bond acceptors (Lipinski definition) is 2. The second-order valence-electron chi connectivity index (χ2n) is 5.09. The molecule has 1 amide bonds. The van der Waals surface area contributed by atoms with Gasteiger partial charge in [-0.25, -0.2) is 0 Å². The topological polar surface area (TPSA) is 48.1 Å². The molecule has 0 bridgehead atoms. The van der Waals surface area contributed by atoms with Gasteiger partial charge in [0, 0.05) is 36.9 Å². The van der Waals surface area contributed by atoms with E-state index in [9.17, 15) is 4.79 Å². The van der Waals surface area contributed by atoms with Gasteiger partial charge in [-0.1, -0.05) is 13.0 Å². The average Bonchev–Trinajstić information content (AvgIpc) is 2.82. The third-order valence-electron chi connectivity index (χ3n) is 3.73. The Kier molecular flexibility index (Phi) is 3.25. The molecule has 2 aromatic rings. The third kappa shape index (κ3) is 2.24. The van der Waals surface area contributed by atoms with Crippen molar-refractivity contribution in [2.75, 3.05) is 19.6 Å². The van der Waals surface area contributed by atoms with E-state index in [0.717, 1.165) is 42.5 Å². The lowest BCUT2D eigenvalue weighted by atomic mass is 10.1. The van der Waals surface area contributed by atoms with E-state index in [2.05, 4.69) is 17.2 Å². The highest BCUT2D eigenvalue weighted by atomic mass is 16.2. The van der Waals surface area contributed by atoms with Gasteiger partial charge in [-0.15, -0.1) is 0 Å². The summed E-state index contributed by atoms with van der Waals surface area (Å²) in [5.41, 5.74) is 1.80. The molecule has 1 aliphatic rings. The van der Waals surface area contributed by atoms with E-state index in [-0.39, 0.29) is 5.91 Å². The summed E-state index contributed by atoms with van der Waals surface area (Å²) in [5, 5.41) is 4.37. The van der Waals surface area contributed by atoms with Crippen LogP contribution in [-0.2, 0) is 0 Å². The summed E-state index contributed by atoms with van der Waals surface area (Å²) >= 11 is 0. The van der Waals surface area contributed by atoms with E-state index < -0.39 is 0 Å². The average molecular weight is 257 g/mol. The standard InChI is InChI=1S/C15H19N3O/c1-2-7-18(13-9-16-10-13)15(19)12-4-3-11-5-6-17-14(11)8-12/h3-6,8,13,16-17H,2,7,9-10H2,1H3. The van der Waals surface area contributed by atoms with Gasteiger partial charge in [-0.3, -0.25) is 4.79 Å². The van der Waals surface area contributed by atoms with Crippen LogP contribution < -0.4 is 5.32 Å². The van der Waals surface area contributed by atoms with E-state index >= 15 is 0 Å². The molecule has 19 heavy (non-hydrogen) atoms. The Bertz CT molecular complexity index is 586. The zero-order valence-electron chi connectivity index (χ0n) is 11.1. The molecule has 1 fully saturated rings. The van der Waals surface area contributed by atoms with Crippen molar-refractivity contribution in [3.05, 3.63) is 36.0 Å². The van der Waals surface area contributed by atoms with E-state index in [0.29, 0.717) is 6.04 Å². The summed E-state index contributed by atoms with van der Waals surface area (Å²) in [6.45, 7) is 4.77. The Morgan fingerprint density at radius 3 is 2.89 bits per heavy atom. The van der Waals surface area contributed by atoms with Crippen molar-refractivity contribution in [1.29, 1.82) is 0 Å². The molecule has 0 saturated carbocycles. The lowest BCUT2D eigenvalue weighted by Gasteiger charge is -2.38. The van der Waals surface area contributed by atoms with Crippen LogP contribution in [0.1, 0.15) is 23.7 Å². The van der Waals surface area contributed by atoms with Crippen LogP contribution in [-0.4, -0.2) is 41.5 Å². The second kappa shape index (κ2) is 5.05. The van der Waals surface area contributed by atoms with E-state index in [4.69, 9.17) is 0 Å². The summed E-state index contributed by atoms with van der Waals surface area (Å²) in [4.78, 5) is 17.8. The number of benzene rings is 1. The van der Waals surface area contributed by atoms with Crippen molar-refractivity contribution in [2.45, 2.75) is 19.4 Å². The van der Waals surface area contributed by atoms with Gasteiger partial charge in [0.15, 0.2) is 0 Å². The molecule has 0 spiro atoms. The van der Waals surface area contributed by atoms with Gasteiger partial charge in [0.2, 0.25) is 0 Å². The normalized spacial score (nSPS) is 15.4. The highest BCUT2D eigenvalue weighted by molar-refractivity contribution is 5.98. The Labute approximate surface area is 112 Å². The van der Waals surface area contributed by atoms with Gasteiger partial charge in [-0.05, 0) is 30.0 Å². The zero-order valence-corrected chi connectivity index (χ0v) is 11.1. The van der Waals surface area contributed by atoms with E-state index in [1.165, 1.54) is 0 Å². The number of carbonyl (C=O) groups excluding carboxylic acids is 1. The number of nitrogens with one attached hydrogen (secondary N) is 2. The van der Waals surface area contributed by atoms with E-state index in [1.807, 2.05) is 35.4 Å². The van der Waals surface area contributed by atoms with Crippen molar-refractivity contribution in [3.63, 3.8) is 0 Å². The van der Waals surface area contributed by atoms with Crippen molar-refractivity contribution in [2.24, 2.45) is 0 Å². The van der Waals surface area contributed by atoms with Crippen LogP contribution in [0.2, 0.25) is 0 Å². The second-order valence-corrected chi connectivity index (χ2v) is 5.09. The maximum absolute atomic E-state index is 12.6. The van der Waals surface area contributed by atoms with Gasteiger partial charge in [-0.2, -0.15) is 0 Å². The molecule has 3 rings (SSSR count). The molecule has 0 aliphatic carbocycles. The minimum absolute atomic E-state index is 0.143. The number of nitrogens with zero attached hydrogens (tertiary/aromatic N) is 1. The third-order valence-corrected chi connectivity index (χ3v) is 3.73. The van der Waals surface area contributed by atoms with Gasteiger partial charge in [0.1, 0.15) is 0 Å². The molecule has 100 valence electrons. The fraction of sp³-hybridized carbons (Fsp3) is 0.400. The van der Waals surface area contributed by atoms with Crippen LogP contribution >= 0.6 is 0 Å². The number of carbonyl (C=O) groups is 1. The Hall–Kier alpha value is -1.81. The molecule has 1 aromatic heterocycles. The Morgan fingerprint density at radius 2 is 2.21 bits per heavy atom. The molecule has 1 aromatic carbocycles. The Balaban J connectivity index is 1.87. The first-order valence-corrected chi connectivity index (χ1v) is 6.88. The summed E-state index contributed by atoms with van der Waals surface area (Å²) in [6, 6.07) is 8.25. The van der Waals surface area contributed by atoms with Crippen LogP contribution in [0.15, 0.2) is 30.5 Å². The number of aromatic amines is 1. The number of hydrogen-bond donors (Lipinski definition) is 2. The van der Waals surface area contributed by atoms with Gasteiger partial charge in [0.05, 0.1) is 6.04 Å². The molecule has 4 heteroatoms. The first kappa shape index (κ1) is 12.2. The minimum Gasteiger partial charge on any atom is -0.361 e. The molecule has 0 radical (unpaired) electrons. The van der Waals surface area contributed by atoms with Crippen LogP contribution in [0.25, 0.3) is 10.9 Å². The maximum Gasteiger partial charge on any atom is 0.254 e. The summed E-state index contributed by atoms with van der Waals surface area (Å²) < 4.78 is 0. The molecule has 4 nitrogen and oxygen atoms in total. The van der Waals surface area contributed by atoms with Crippen LogP contribution in [0.4, 0.5) is 0 Å². The van der Waals surface area contributed by atoms with Crippen molar-refractivity contribution < 1.29 is 4.79 Å². The lowest BCUT2D eigenvalue weighted by molar-refractivity contribution is 0.0616. The number of aromatic nitrogens is 1. The number of fused-ring (bicyclic) bond motifs is 1. The smallest absolute Gasteiger partial charge is 0.254 e. The lowest BCUT2D eigenvalue weighted by Crippen LogP contribution is -2.59. The quantitative estimate of drug-likeness (QED) is 0.880. The van der Waals surface area contributed by atoms with Crippen LogP contribution in [0.3, 0.4) is 0 Å². The van der Waals surface area contributed by atoms with Crippen molar-refractivity contribution in [3.8, 4) is 0 Å². The minimum atomic E-state index is 0.143. The zero-order chi connectivity index (χ0) is 13.2. The molecule has 1 saturated heterocycles. The largest absolute Gasteiger partial charge is 0.361 e. The molecule has 0 atom stereocenters. The number of rotatable bonds is 4. The molecular weight excluding hydrogens is 238 g/mol. The SMILES string of the molecule is CCCN(C(=O)c1ccc2cc[nH]c2c1)C1CNC1. The summed E-state index contributed by atoms with van der Waals surface area (Å²) in [7, 11) is 0. The molecule has 2 N–H and O–H groups in total.